The number of aryl methyl sites for hydroxylation is 1. The van der Waals surface area contributed by atoms with Crippen molar-refractivity contribution in [2.75, 3.05) is 6.54 Å². The molecule has 0 saturated carbocycles. The first-order chi connectivity index (χ1) is 8.45. The second-order valence-electron chi connectivity index (χ2n) is 4.30. The molecule has 0 spiro atoms. The lowest BCUT2D eigenvalue weighted by atomic mass is 9.97. The number of rotatable bonds is 5. The summed E-state index contributed by atoms with van der Waals surface area (Å²) in [4.78, 5) is 10.7. The molecule has 5 heteroatoms. The summed E-state index contributed by atoms with van der Waals surface area (Å²) in [7, 11) is 0. The number of hydrogen-bond donors (Lipinski definition) is 4. The first kappa shape index (κ1) is 14.6. The van der Waals surface area contributed by atoms with Gasteiger partial charge in [-0.1, -0.05) is 18.2 Å². The van der Waals surface area contributed by atoms with E-state index in [0.29, 0.717) is 5.56 Å². The molecule has 0 aliphatic rings. The molecule has 0 heterocycles. The van der Waals surface area contributed by atoms with Gasteiger partial charge in [-0.05, 0) is 23.6 Å². The van der Waals surface area contributed by atoms with Gasteiger partial charge in [0, 0.05) is 13.5 Å². The molecule has 5 nitrogen and oxygen atoms in total. The monoisotopic (exact) mass is 253 g/mol. The van der Waals surface area contributed by atoms with Crippen molar-refractivity contribution < 1.29 is 20.1 Å². The summed E-state index contributed by atoms with van der Waals surface area (Å²) in [5, 5.41) is 31.2. The Kier molecular flexibility index (Phi) is 5.27. The van der Waals surface area contributed by atoms with E-state index < -0.39 is 12.2 Å². The lowest BCUT2D eigenvalue weighted by Gasteiger charge is -2.20. The summed E-state index contributed by atoms with van der Waals surface area (Å²) in [6.45, 7) is 3.08. The Balaban J connectivity index is 2.76. The molecular formula is C13H19NO4. The predicted octanol–water partition coefficient (Wildman–Crippen LogP) is 0.0177. The van der Waals surface area contributed by atoms with Crippen molar-refractivity contribution in [1.29, 1.82) is 0 Å². The van der Waals surface area contributed by atoms with Gasteiger partial charge in [-0.2, -0.15) is 0 Å². The highest BCUT2D eigenvalue weighted by atomic mass is 16.3. The second kappa shape index (κ2) is 6.49. The predicted molar refractivity (Wildman–Crippen MR) is 66.8 cm³/mol. The van der Waals surface area contributed by atoms with Crippen molar-refractivity contribution >= 4 is 5.91 Å². The van der Waals surface area contributed by atoms with Crippen molar-refractivity contribution in [1.82, 2.24) is 5.32 Å². The van der Waals surface area contributed by atoms with Gasteiger partial charge in [-0.15, -0.1) is 0 Å². The molecule has 1 rings (SSSR count). The average Bonchev–Trinajstić information content (AvgIpc) is 2.34. The third-order valence-corrected chi connectivity index (χ3v) is 2.76. The molecule has 0 aliphatic carbocycles. The van der Waals surface area contributed by atoms with Crippen LogP contribution in [0.2, 0.25) is 0 Å². The van der Waals surface area contributed by atoms with Crippen molar-refractivity contribution in [2.45, 2.75) is 32.7 Å². The number of amides is 1. The van der Waals surface area contributed by atoms with Crippen LogP contribution in [0, 0.1) is 6.92 Å². The zero-order valence-electron chi connectivity index (χ0n) is 10.6. The number of hydrogen-bond acceptors (Lipinski definition) is 4. The summed E-state index contributed by atoms with van der Waals surface area (Å²) in [6.07, 6.45) is -2.13. The molecular weight excluding hydrogens is 234 g/mol. The molecule has 0 bridgehead atoms. The number of carbonyl (C=O) groups excluding carboxylic acids is 1. The highest BCUT2D eigenvalue weighted by Crippen LogP contribution is 2.21. The largest absolute Gasteiger partial charge is 0.392 e. The number of aliphatic hydroxyl groups is 3. The van der Waals surface area contributed by atoms with E-state index in [0.717, 1.165) is 11.1 Å². The second-order valence-corrected chi connectivity index (χ2v) is 4.30. The normalized spacial score (nSPS) is 14.1. The van der Waals surface area contributed by atoms with Crippen molar-refractivity contribution in [3.8, 4) is 0 Å². The molecule has 100 valence electrons. The summed E-state index contributed by atoms with van der Waals surface area (Å²) in [5.41, 5.74) is 2.13. The average molecular weight is 253 g/mol. The van der Waals surface area contributed by atoms with Crippen LogP contribution in [0.3, 0.4) is 0 Å². The topological polar surface area (TPSA) is 89.8 Å². The fourth-order valence-corrected chi connectivity index (χ4v) is 1.74. The Morgan fingerprint density at radius 3 is 2.56 bits per heavy atom. The smallest absolute Gasteiger partial charge is 0.216 e. The number of benzene rings is 1. The number of aliphatic hydroxyl groups excluding tert-OH is 3. The van der Waals surface area contributed by atoms with Crippen LogP contribution in [-0.2, 0) is 11.4 Å². The SMILES string of the molecule is CC(=O)NCC(O)C(O)c1ccc(CO)cc1C. The standard InChI is InChI=1S/C13H19NO4/c1-8-5-10(7-15)3-4-11(8)13(18)12(17)6-14-9(2)16/h3-5,12-13,15,17-18H,6-7H2,1-2H3,(H,14,16). The maximum absolute atomic E-state index is 10.7. The molecule has 1 amide bonds. The number of carbonyl (C=O) groups is 1. The third-order valence-electron chi connectivity index (χ3n) is 2.76. The van der Waals surface area contributed by atoms with E-state index in [2.05, 4.69) is 5.32 Å². The van der Waals surface area contributed by atoms with E-state index in [1.165, 1.54) is 6.92 Å². The van der Waals surface area contributed by atoms with Gasteiger partial charge < -0.3 is 20.6 Å². The molecule has 2 unspecified atom stereocenters. The molecule has 0 radical (unpaired) electrons. The van der Waals surface area contributed by atoms with Gasteiger partial charge >= 0.3 is 0 Å². The zero-order valence-corrected chi connectivity index (χ0v) is 10.6. The minimum Gasteiger partial charge on any atom is -0.392 e. The van der Waals surface area contributed by atoms with Gasteiger partial charge in [0.1, 0.15) is 12.2 Å². The molecule has 0 saturated heterocycles. The quantitative estimate of drug-likeness (QED) is 0.595. The summed E-state index contributed by atoms with van der Waals surface area (Å²) in [5.74, 6) is -0.256. The van der Waals surface area contributed by atoms with Crippen LogP contribution in [0.15, 0.2) is 18.2 Å². The number of nitrogens with one attached hydrogen (secondary N) is 1. The van der Waals surface area contributed by atoms with Crippen LogP contribution in [0.5, 0.6) is 0 Å². The molecule has 0 fully saturated rings. The van der Waals surface area contributed by atoms with E-state index in [9.17, 15) is 15.0 Å². The maximum Gasteiger partial charge on any atom is 0.216 e. The summed E-state index contributed by atoms with van der Waals surface area (Å²) in [6, 6.07) is 5.11. The minimum atomic E-state index is -1.07. The molecule has 1 aromatic carbocycles. The highest BCUT2D eigenvalue weighted by molar-refractivity contribution is 5.72. The van der Waals surface area contributed by atoms with Gasteiger partial charge in [0.15, 0.2) is 0 Å². The fourth-order valence-electron chi connectivity index (χ4n) is 1.74. The fraction of sp³-hybridized carbons (Fsp3) is 0.462. The minimum absolute atomic E-state index is 0.00229. The summed E-state index contributed by atoms with van der Waals surface area (Å²) < 4.78 is 0. The Bertz CT molecular complexity index is 419. The van der Waals surface area contributed by atoms with E-state index in [1.54, 1.807) is 25.1 Å². The van der Waals surface area contributed by atoms with Crippen LogP contribution in [0.25, 0.3) is 0 Å². The molecule has 2 atom stereocenters. The van der Waals surface area contributed by atoms with Crippen LogP contribution < -0.4 is 5.32 Å². The molecule has 0 aromatic heterocycles. The van der Waals surface area contributed by atoms with Crippen LogP contribution in [0.1, 0.15) is 29.7 Å². The molecule has 4 N–H and O–H groups in total. The van der Waals surface area contributed by atoms with Crippen molar-refractivity contribution in [3.05, 3.63) is 34.9 Å². The van der Waals surface area contributed by atoms with Gasteiger partial charge in [0.25, 0.3) is 0 Å². The van der Waals surface area contributed by atoms with Gasteiger partial charge in [0.2, 0.25) is 5.91 Å². The van der Waals surface area contributed by atoms with E-state index in [4.69, 9.17) is 5.11 Å². The van der Waals surface area contributed by atoms with Crippen molar-refractivity contribution in [3.63, 3.8) is 0 Å². The van der Waals surface area contributed by atoms with Crippen LogP contribution in [0.4, 0.5) is 0 Å². The molecule has 0 aliphatic heterocycles. The van der Waals surface area contributed by atoms with Gasteiger partial charge in [0.05, 0.1) is 6.61 Å². The van der Waals surface area contributed by atoms with E-state index in [1.807, 2.05) is 0 Å². The summed E-state index contributed by atoms with van der Waals surface area (Å²) >= 11 is 0. The van der Waals surface area contributed by atoms with Crippen LogP contribution in [-0.4, -0.2) is 33.9 Å². The Morgan fingerprint density at radius 2 is 2.06 bits per heavy atom. The first-order valence-corrected chi connectivity index (χ1v) is 5.76. The van der Waals surface area contributed by atoms with E-state index in [-0.39, 0.29) is 19.1 Å². The first-order valence-electron chi connectivity index (χ1n) is 5.76. The highest BCUT2D eigenvalue weighted by Gasteiger charge is 2.20. The van der Waals surface area contributed by atoms with Gasteiger partial charge in [-0.3, -0.25) is 4.79 Å². The third kappa shape index (κ3) is 3.80. The lowest BCUT2D eigenvalue weighted by Crippen LogP contribution is -2.34. The Morgan fingerprint density at radius 1 is 1.39 bits per heavy atom. The molecule has 18 heavy (non-hydrogen) atoms. The van der Waals surface area contributed by atoms with Crippen molar-refractivity contribution in [2.24, 2.45) is 0 Å². The van der Waals surface area contributed by atoms with Gasteiger partial charge in [-0.25, -0.2) is 0 Å². The molecule has 1 aromatic rings. The Labute approximate surface area is 106 Å². The Hall–Kier alpha value is -1.43. The van der Waals surface area contributed by atoms with Crippen LogP contribution >= 0.6 is 0 Å². The maximum atomic E-state index is 10.7. The zero-order chi connectivity index (χ0) is 13.7. The lowest BCUT2D eigenvalue weighted by molar-refractivity contribution is -0.119. The van der Waals surface area contributed by atoms with E-state index >= 15 is 0 Å².